The van der Waals surface area contributed by atoms with Crippen LogP contribution in [-0.2, 0) is 11.2 Å². The zero-order valence-corrected chi connectivity index (χ0v) is 11.7. The van der Waals surface area contributed by atoms with Crippen molar-refractivity contribution in [2.24, 2.45) is 0 Å². The highest BCUT2D eigenvalue weighted by molar-refractivity contribution is 5.77. The van der Waals surface area contributed by atoms with Gasteiger partial charge in [0.2, 0.25) is 5.91 Å². The van der Waals surface area contributed by atoms with Crippen LogP contribution in [0.3, 0.4) is 0 Å². The molecular formula is C15H20N4O. The topological polar surface area (TPSA) is 61.0 Å². The fourth-order valence-corrected chi connectivity index (χ4v) is 2.70. The molecule has 1 aromatic carbocycles. The minimum Gasteiger partial charge on any atom is -0.342 e. The quantitative estimate of drug-likeness (QED) is 0.886. The van der Waals surface area contributed by atoms with Crippen molar-refractivity contribution in [3.63, 3.8) is 0 Å². The van der Waals surface area contributed by atoms with E-state index in [4.69, 9.17) is 0 Å². The maximum atomic E-state index is 12.3. The molecule has 20 heavy (non-hydrogen) atoms. The fraction of sp³-hybridized carbons (Fsp3) is 0.467. The maximum Gasteiger partial charge on any atom is 0.223 e. The van der Waals surface area contributed by atoms with E-state index in [0.29, 0.717) is 12.8 Å². The lowest BCUT2D eigenvalue weighted by Gasteiger charge is -2.34. The minimum atomic E-state index is 0.222. The van der Waals surface area contributed by atoms with Gasteiger partial charge >= 0.3 is 0 Å². The number of benzene rings is 1. The average molecular weight is 272 g/mol. The smallest absolute Gasteiger partial charge is 0.223 e. The maximum absolute atomic E-state index is 12.3. The van der Waals surface area contributed by atoms with Crippen molar-refractivity contribution < 1.29 is 4.79 Å². The molecule has 1 fully saturated rings. The summed E-state index contributed by atoms with van der Waals surface area (Å²) in [6.07, 6.45) is 1.19. The van der Waals surface area contributed by atoms with Crippen molar-refractivity contribution in [3.8, 4) is 0 Å². The predicted molar refractivity (Wildman–Crippen MR) is 78.5 cm³/mol. The standard InChI is InChI=1S/C15H20N4O/c1-11-10-16-8-9-19(11)15(20)7-6-14-17-12-4-2-3-5-13(12)18-14/h2-5,11,16H,6-10H2,1H3,(H,17,18). The van der Waals surface area contributed by atoms with E-state index in [9.17, 15) is 4.79 Å². The number of imidazole rings is 1. The number of aromatic amines is 1. The second-order valence-corrected chi connectivity index (χ2v) is 5.34. The number of piperazine rings is 1. The molecule has 2 heterocycles. The largest absolute Gasteiger partial charge is 0.342 e. The summed E-state index contributed by atoms with van der Waals surface area (Å²) in [6.45, 7) is 4.67. The highest BCUT2D eigenvalue weighted by Gasteiger charge is 2.22. The number of carbonyl (C=O) groups is 1. The van der Waals surface area contributed by atoms with Gasteiger partial charge in [-0.2, -0.15) is 0 Å². The Balaban J connectivity index is 1.62. The van der Waals surface area contributed by atoms with Crippen LogP contribution in [0, 0.1) is 0 Å². The third-order valence-corrected chi connectivity index (χ3v) is 3.84. The molecule has 0 radical (unpaired) electrons. The van der Waals surface area contributed by atoms with E-state index in [-0.39, 0.29) is 11.9 Å². The van der Waals surface area contributed by atoms with Gasteiger partial charge in [0.25, 0.3) is 0 Å². The summed E-state index contributed by atoms with van der Waals surface area (Å²) in [5, 5.41) is 3.30. The van der Waals surface area contributed by atoms with Crippen molar-refractivity contribution in [2.45, 2.75) is 25.8 Å². The molecule has 5 nitrogen and oxygen atoms in total. The van der Waals surface area contributed by atoms with Crippen LogP contribution in [0.5, 0.6) is 0 Å². The van der Waals surface area contributed by atoms with Gasteiger partial charge in [-0.05, 0) is 19.1 Å². The second kappa shape index (κ2) is 5.63. The Morgan fingerprint density at radius 3 is 3.10 bits per heavy atom. The van der Waals surface area contributed by atoms with Gasteiger partial charge in [-0.1, -0.05) is 12.1 Å². The number of nitrogens with one attached hydrogen (secondary N) is 2. The van der Waals surface area contributed by atoms with Crippen LogP contribution in [-0.4, -0.2) is 46.5 Å². The van der Waals surface area contributed by atoms with Crippen LogP contribution in [0.1, 0.15) is 19.2 Å². The summed E-state index contributed by atoms with van der Waals surface area (Å²) in [5.41, 5.74) is 2.00. The second-order valence-electron chi connectivity index (χ2n) is 5.34. The Morgan fingerprint density at radius 2 is 2.30 bits per heavy atom. The zero-order valence-electron chi connectivity index (χ0n) is 11.7. The molecule has 1 saturated heterocycles. The number of hydrogen-bond donors (Lipinski definition) is 2. The number of H-pyrrole nitrogens is 1. The number of nitrogens with zero attached hydrogens (tertiary/aromatic N) is 2. The Kier molecular flexibility index (Phi) is 3.69. The molecule has 1 amide bonds. The molecule has 1 aliphatic heterocycles. The van der Waals surface area contributed by atoms with Gasteiger partial charge in [0.05, 0.1) is 11.0 Å². The molecule has 2 aromatic rings. The number of carbonyl (C=O) groups excluding carboxylic acids is 1. The third kappa shape index (κ3) is 2.67. The molecule has 0 aliphatic carbocycles. The summed E-state index contributed by atoms with van der Waals surface area (Å²) in [4.78, 5) is 22.0. The first kappa shape index (κ1) is 13.1. The molecule has 106 valence electrons. The van der Waals surface area contributed by atoms with Gasteiger partial charge in [-0.25, -0.2) is 4.98 Å². The van der Waals surface area contributed by atoms with Crippen LogP contribution < -0.4 is 5.32 Å². The first-order chi connectivity index (χ1) is 9.74. The Hall–Kier alpha value is -1.88. The van der Waals surface area contributed by atoms with E-state index in [0.717, 1.165) is 36.5 Å². The van der Waals surface area contributed by atoms with Gasteiger partial charge in [0.1, 0.15) is 5.82 Å². The molecule has 3 rings (SSSR count). The Labute approximate surface area is 118 Å². The molecule has 0 saturated carbocycles. The molecule has 1 aliphatic rings. The number of fused-ring (bicyclic) bond motifs is 1. The number of aromatic nitrogens is 2. The van der Waals surface area contributed by atoms with E-state index in [1.54, 1.807) is 0 Å². The Morgan fingerprint density at radius 1 is 1.45 bits per heavy atom. The van der Waals surface area contributed by atoms with Crippen LogP contribution in [0.2, 0.25) is 0 Å². The van der Waals surface area contributed by atoms with Gasteiger partial charge in [-0.15, -0.1) is 0 Å². The first-order valence-corrected chi connectivity index (χ1v) is 7.18. The SMILES string of the molecule is CC1CNCCN1C(=O)CCc1nc2ccccc2[nH]1. The van der Waals surface area contributed by atoms with E-state index >= 15 is 0 Å². The lowest BCUT2D eigenvalue weighted by Crippen LogP contribution is -2.52. The lowest BCUT2D eigenvalue weighted by atomic mass is 10.2. The molecule has 0 bridgehead atoms. The van der Waals surface area contributed by atoms with Crippen molar-refractivity contribution in [1.29, 1.82) is 0 Å². The highest BCUT2D eigenvalue weighted by Crippen LogP contribution is 2.12. The number of para-hydroxylation sites is 2. The van der Waals surface area contributed by atoms with E-state index in [1.807, 2.05) is 29.2 Å². The number of amides is 1. The Bertz CT molecular complexity index is 574. The zero-order chi connectivity index (χ0) is 13.9. The molecule has 2 N–H and O–H groups in total. The van der Waals surface area contributed by atoms with Crippen molar-refractivity contribution in [1.82, 2.24) is 20.2 Å². The summed E-state index contributed by atoms with van der Waals surface area (Å²) < 4.78 is 0. The number of rotatable bonds is 3. The van der Waals surface area contributed by atoms with Crippen molar-refractivity contribution in [2.75, 3.05) is 19.6 Å². The first-order valence-electron chi connectivity index (χ1n) is 7.18. The van der Waals surface area contributed by atoms with Crippen LogP contribution >= 0.6 is 0 Å². The van der Waals surface area contributed by atoms with Gasteiger partial charge in [0.15, 0.2) is 0 Å². The number of hydrogen-bond acceptors (Lipinski definition) is 3. The summed E-state index contributed by atoms with van der Waals surface area (Å²) in [7, 11) is 0. The van der Waals surface area contributed by atoms with E-state index < -0.39 is 0 Å². The van der Waals surface area contributed by atoms with Crippen LogP contribution in [0.4, 0.5) is 0 Å². The van der Waals surface area contributed by atoms with Gasteiger partial charge < -0.3 is 15.2 Å². The summed E-state index contributed by atoms with van der Waals surface area (Å²) in [6, 6.07) is 8.23. The van der Waals surface area contributed by atoms with E-state index in [1.165, 1.54) is 0 Å². The van der Waals surface area contributed by atoms with Gasteiger partial charge in [-0.3, -0.25) is 4.79 Å². The molecular weight excluding hydrogens is 252 g/mol. The van der Waals surface area contributed by atoms with Crippen LogP contribution in [0.25, 0.3) is 11.0 Å². The fourth-order valence-electron chi connectivity index (χ4n) is 2.70. The molecule has 1 unspecified atom stereocenters. The predicted octanol–water partition coefficient (Wildman–Crippen LogP) is 1.32. The molecule has 5 heteroatoms. The minimum absolute atomic E-state index is 0.222. The van der Waals surface area contributed by atoms with Crippen molar-refractivity contribution >= 4 is 16.9 Å². The van der Waals surface area contributed by atoms with E-state index in [2.05, 4.69) is 22.2 Å². The molecule has 1 atom stereocenters. The third-order valence-electron chi connectivity index (χ3n) is 3.84. The van der Waals surface area contributed by atoms with Crippen molar-refractivity contribution in [3.05, 3.63) is 30.1 Å². The number of aryl methyl sites for hydroxylation is 1. The van der Waals surface area contributed by atoms with Gasteiger partial charge in [0, 0.05) is 38.5 Å². The normalized spacial score (nSPS) is 19.4. The summed E-state index contributed by atoms with van der Waals surface area (Å²) in [5.74, 6) is 1.11. The average Bonchev–Trinajstić information content (AvgIpc) is 2.88. The highest BCUT2D eigenvalue weighted by atomic mass is 16.2. The monoisotopic (exact) mass is 272 g/mol. The van der Waals surface area contributed by atoms with Crippen LogP contribution in [0.15, 0.2) is 24.3 Å². The lowest BCUT2D eigenvalue weighted by molar-refractivity contribution is -0.133. The molecule has 1 aromatic heterocycles. The molecule has 0 spiro atoms. The summed E-state index contributed by atoms with van der Waals surface area (Å²) >= 11 is 0.